The van der Waals surface area contributed by atoms with Crippen LogP contribution in [-0.2, 0) is 4.74 Å². The highest BCUT2D eigenvalue weighted by molar-refractivity contribution is 5.93. The van der Waals surface area contributed by atoms with Crippen LogP contribution in [0.25, 0.3) is 0 Å². The molecule has 7 heteroatoms. The van der Waals surface area contributed by atoms with E-state index in [1.807, 2.05) is 11.0 Å². The van der Waals surface area contributed by atoms with E-state index in [2.05, 4.69) is 15.1 Å². The molecule has 2 aliphatic rings. The molecule has 136 valence electrons. The Morgan fingerprint density at radius 1 is 1.19 bits per heavy atom. The summed E-state index contributed by atoms with van der Waals surface area (Å²) in [4.78, 5) is 16.7. The summed E-state index contributed by atoms with van der Waals surface area (Å²) in [6, 6.07) is 8.31. The Hall–Kier alpha value is -2.54. The van der Waals surface area contributed by atoms with Gasteiger partial charge in [0.05, 0.1) is 31.1 Å². The van der Waals surface area contributed by atoms with E-state index in [1.54, 1.807) is 18.2 Å². The molecule has 26 heavy (non-hydrogen) atoms. The molecule has 0 N–H and O–H groups in total. The molecule has 1 aromatic heterocycles. The predicted octanol–water partition coefficient (Wildman–Crippen LogP) is 2.13. The van der Waals surface area contributed by atoms with Crippen molar-refractivity contribution in [2.75, 3.05) is 37.7 Å². The number of hydrogen-bond donors (Lipinski definition) is 0. The fourth-order valence-electron chi connectivity index (χ4n) is 3.86. The summed E-state index contributed by atoms with van der Waals surface area (Å²) in [6.07, 6.45) is 4.84. The Bertz CT molecular complexity index is 784. The van der Waals surface area contributed by atoms with Gasteiger partial charge in [0.25, 0.3) is 5.91 Å². The molecule has 1 aromatic carbocycles. The third kappa shape index (κ3) is 3.39. The second-order valence-electron chi connectivity index (χ2n) is 6.89. The summed E-state index contributed by atoms with van der Waals surface area (Å²) in [5.74, 6) is -0.292. The lowest BCUT2D eigenvalue weighted by atomic mass is 9.90. The van der Waals surface area contributed by atoms with E-state index in [-0.39, 0.29) is 11.7 Å². The molecule has 0 radical (unpaired) electrons. The topological polar surface area (TPSA) is 58.6 Å². The molecule has 1 atom stereocenters. The fourth-order valence-corrected chi connectivity index (χ4v) is 3.86. The molecule has 1 spiro atoms. The highest BCUT2D eigenvalue weighted by atomic mass is 19.1. The number of carbonyl (C=O) groups excluding carboxylic acids is 1. The zero-order chi connectivity index (χ0) is 18.0. The second-order valence-corrected chi connectivity index (χ2v) is 6.89. The number of morpholine rings is 1. The van der Waals surface area contributed by atoms with E-state index >= 15 is 0 Å². The summed E-state index contributed by atoms with van der Waals surface area (Å²) in [7, 11) is 0. The molecule has 1 amide bonds. The maximum atomic E-state index is 13.6. The lowest BCUT2D eigenvalue weighted by molar-refractivity contribution is -0.105. The average Bonchev–Trinajstić information content (AvgIpc) is 2.68. The number of aromatic nitrogens is 2. The first-order valence-electron chi connectivity index (χ1n) is 8.86. The summed E-state index contributed by atoms with van der Waals surface area (Å²) in [5.41, 5.74) is 0.975. The normalized spacial score (nSPS) is 23.3. The van der Waals surface area contributed by atoms with Crippen molar-refractivity contribution >= 4 is 11.6 Å². The molecule has 2 saturated heterocycles. The quantitative estimate of drug-likeness (QED) is 0.825. The molecule has 1 unspecified atom stereocenters. The minimum Gasteiger partial charge on any atom is -0.369 e. The van der Waals surface area contributed by atoms with Gasteiger partial charge in [0.2, 0.25) is 0 Å². The smallest absolute Gasteiger partial charge is 0.255 e. The molecule has 2 aliphatic heterocycles. The monoisotopic (exact) mass is 356 g/mol. The van der Waals surface area contributed by atoms with Crippen LogP contribution < -0.4 is 4.90 Å². The largest absolute Gasteiger partial charge is 0.369 e. The van der Waals surface area contributed by atoms with E-state index in [0.29, 0.717) is 31.8 Å². The average molecular weight is 356 g/mol. The molecule has 4 rings (SSSR count). The highest BCUT2D eigenvalue weighted by Crippen LogP contribution is 2.32. The zero-order valence-corrected chi connectivity index (χ0v) is 14.5. The highest BCUT2D eigenvalue weighted by Gasteiger charge is 2.42. The van der Waals surface area contributed by atoms with E-state index < -0.39 is 5.60 Å². The molecule has 3 heterocycles. The van der Waals surface area contributed by atoms with Gasteiger partial charge in [-0.3, -0.25) is 4.79 Å². The molecule has 0 bridgehead atoms. The van der Waals surface area contributed by atoms with Crippen molar-refractivity contribution in [2.24, 2.45) is 0 Å². The van der Waals surface area contributed by atoms with Crippen LogP contribution in [-0.4, -0.2) is 59.4 Å². The zero-order valence-electron chi connectivity index (χ0n) is 14.5. The lowest BCUT2D eigenvalue weighted by Crippen LogP contribution is -2.60. The first-order chi connectivity index (χ1) is 12.7. The third-order valence-corrected chi connectivity index (χ3v) is 5.08. The fraction of sp³-hybridized carbons (Fsp3) is 0.421. The number of rotatable bonds is 2. The Labute approximate surface area is 151 Å². The van der Waals surface area contributed by atoms with E-state index in [9.17, 15) is 9.18 Å². The van der Waals surface area contributed by atoms with Crippen LogP contribution >= 0.6 is 0 Å². The van der Waals surface area contributed by atoms with Gasteiger partial charge >= 0.3 is 0 Å². The molecular weight excluding hydrogens is 335 g/mol. The van der Waals surface area contributed by atoms with Crippen LogP contribution in [0.5, 0.6) is 0 Å². The maximum Gasteiger partial charge on any atom is 0.255 e. The number of piperidine rings is 1. The van der Waals surface area contributed by atoms with Gasteiger partial charge in [0, 0.05) is 25.3 Å². The Morgan fingerprint density at radius 2 is 2.12 bits per heavy atom. The van der Waals surface area contributed by atoms with Crippen molar-refractivity contribution in [2.45, 2.75) is 18.4 Å². The van der Waals surface area contributed by atoms with Crippen molar-refractivity contribution in [3.8, 4) is 0 Å². The molecule has 0 aliphatic carbocycles. The molecule has 2 fully saturated rings. The predicted molar refractivity (Wildman–Crippen MR) is 94.5 cm³/mol. The van der Waals surface area contributed by atoms with Crippen molar-refractivity contribution in [1.82, 2.24) is 15.1 Å². The number of hydrogen-bond acceptors (Lipinski definition) is 5. The van der Waals surface area contributed by atoms with Gasteiger partial charge in [0.1, 0.15) is 11.4 Å². The third-order valence-electron chi connectivity index (χ3n) is 5.08. The number of nitrogens with zero attached hydrogens (tertiary/aromatic N) is 4. The van der Waals surface area contributed by atoms with Crippen molar-refractivity contribution in [3.05, 3.63) is 54.1 Å². The van der Waals surface area contributed by atoms with Crippen LogP contribution in [0.3, 0.4) is 0 Å². The van der Waals surface area contributed by atoms with Gasteiger partial charge in [-0.15, -0.1) is 0 Å². The maximum absolute atomic E-state index is 13.6. The second kappa shape index (κ2) is 6.99. The minimum absolute atomic E-state index is 0.0505. The van der Waals surface area contributed by atoms with Gasteiger partial charge in [-0.2, -0.15) is 10.2 Å². The van der Waals surface area contributed by atoms with E-state index in [4.69, 9.17) is 4.74 Å². The van der Waals surface area contributed by atoms with E-state index in [0.717, 1.165) is 25.1 Å². The first-order valence-corrected chi connectivity index (χ1v) is 8.86. The SMILES string of the molecule is O=C(c1ccnnc1)N1CCOC2(CCCN(c3cccc(F)c3)C2)C1. The van der Waals surface area contributed by atoms with E-state index in [1.165, 1.54) is 18.5 Å². The van der Waals surface area contributed by atoms with Gasteiger partial charge in [-0.1, -0.05) is 6.07 Å². The van der Waals surface area contributed by atoms with Crippen LogP contribution in [0, 0.1) is 5.82 Å². The van der Waals surface area contributed by atoms with Gasteiger partial charge in [0.15, 0.2) is 0 Å². The first kappa shape index (κ1) is 16.9. The number of ether oxygens (including phenoxy) is 1. The number of anilines is 1. The van der Waals surface area contributed by atoms with Gasteiger partial charge in [-0.25, -0.2) is 4.39 Å². The molecule has 2 aromatic rings. The van der Waals surface area contributed by atoms with Gasteiger partial charge in [-0.05, 0) is 37.1 Å². The number of halogens is 1. The van der Waals surface area contributed by atoms with Gasteiger partial charge < -0.3 is 14.5 Å². The van der Waals surface area contributed by atoms with Crippen molar-refractivity contribution in [1.29, 1.82) is 0 Å². The molecular formula is C19H21FN4O2. The van der Waals surface area contributed by atoms with Crippen molar-refractivity contribution < 1.29 is 13.9 Å². The van der Waals surface area contributed by atoms with Crippen LogP contribution in [0.1, 0.15) is 23.2 Å². The number of carbonyl (C=O) groups is 1. The molecule has 6 nitrogen and oxygen atoms in total. The number of benzene rings is 1. The summed E-state index contributed by atoms with van der Waals surface area (Å²) in [5, 5.41) is 7.52. The number of amides is 1. The Kier molecular flexibility index (Phi) is 4.55. The van der Waals surface area contributed by atoms with Crippen LogP contribution in [0.2, 0.25) is 0 Å². The van der Waals surface area contributed by atoms with Crippen molar-refractivity contribution in [3.63, 3.8) is 0 Å². The summed E-state index contributed by atoms with van der Waals surface area (Å²) in [6.45, 7) is 3.09. The minimum atomic E-state index is -0.418. The Morgan fingerprint density at radius 3 is 2.92 bits per heavy atom. The van der Waals surface area contributed by atoms with Crippen LogP contribution in [0.15, 0.2) is 42.7 Å². The standard InChI is InChI=1S/C19H21FN4O2/c20-16-3-1-4-17(11-16)23-8-2-6-19(13-23)14-24(9-10-26-19)18(25)15-5-7-21-22-12-15/h1,3-5,7,11-12H,2,6,8-10,13-14H2. The molecule has 0 saturated carbocycles. The Balaban J connectivity index is 1.51. The summed E-state index contributed by atoms with van der Waals surface area (Å²) >= 11 is 0. The summed E-state index contributed by atoms with van der Waals surface area (Å²) < 4.78 is 19.7. The van der Waals surface area contributed by atoms with Crippen LogP contribution in [0.4, 0.5) is 10.1 Å². The lowest BCUT2D eigenvalue weighted by Gasteiger charge is -2.48.